The molecule has 0 bridgehead atoms. The Morgan fingerprint density at radius 2 is 2.00 bits per heavy atom. The van der Waals surface area contributed by atoms with Gasteiger partial charge in [0.05, 0.1) is 0 Å². The first-order valence-electron chi connectivity index (χ1n) is 5.86. The summed E-state index contributed by atoms with van der Waals surface area (Å²) in [6.45, 7) is 11.3. The molecule has 0 saturated heterocycles. The van der Waals surface area contributed by atoms with E-state index in [0.29, 0.717) is 18.0 Å². The van der Waals surface area contributed by atoms with Gasteiger partial charge in [0.2, 0.25) is 0 Å². The fraction of sp³-hybridized carbons (Fsp3) is 0.692. The fourth-order valence-corrected chi connectivity index (χ4v) is 2.95. The Hall–Kier alpha value is -0.340. The van der Waals surface area contributed by atoms with Crippen molar-refractivity contribution in [2.24, 2.45) is 5.92 Å². The quantitative estimate of drug-likeness (QED) is 0.794. The van der Waals surface area contributed by atoms with Crippen LogP contribution in [0.15, 0.2) is 11.4 Å². The second kappa shape index (κ2) is 5.66. The summed E-state index contributed by atoms with van der Waals surface area (Å²) in [5.74, 6) is 0.706. The molecule has 0 aliphatic carbocycles. The van der Waals surface area contributed by atoms with Gasteiger partial charge in [-0.1, -0.05) is 20.8 Å². The van der Waals surface area contributed by atoms with Crippen LogP contribution >= 0.6 is 11.3 Å². The molecule has 2 heteroatoms. The molecule has 2 unspecified atom stereocenters. The van der Waals surface area contributed by atoms with Gasteiger partial charge >= 0.3 is 0 Å². The molecule has 0 aromatic carbocycles. The van der Waals surface area contributed by atoms with E-state index in [1.54, 1.807) is 0 Å². The first-order chi connectivity index (χ1) is 7.06. The normalized spacial score (nSPS) is 15.6. The van der Waals surface area contributed by atoms with Crippen LogP contribution in [0, 0.1) is 12.8 Å². The number of hydrogen-bond donors (Lipinski definition) is 1. The van der Waals surface area contributed by atoms with Crippen LogP contribution in [-0.2, 0) is 0 Å². The molecule has 1 aromatic rings. The highest BCUT2D eigenvalue weighted by Gasteiger charge is 2.16. The molecule has 0 spiro atoms. The lowest BCUT2D eigenvalue weighted by Gasteiger charge is -2.25. The second-order valence-electron chi connectivity index (χ2n) is 4.61. The minimum absolute atomic E-state index is 0.484. The monoisotopic (exact) mass is 225 g/mol. The molecule has 15 heavy (non-hydrogen) atoms. The van der Waals surface area contributed by atoms with E-state index < -0.39 is 0 Å². The van der Waals surface area contributed by atoms with Gasteiger partial charge in [-0.05, 0) is 43.2 Å². The van der Waals surface area contributed by atoms with Gasteiger partial charge in [0.15, 0.2) is 0 Å². The lowest BCUT2D eigenvalue weighted by Crippen LogP contribution is -2.35. The van der Waals surface area contributed by atoms with E-state index >= 15 is 0 Å². The molecule has 0 saturated carbocycles. The highest BCUT2D eigenvalue weighted by Crippen LogP contribution is 2.24. The maximum absolute atomic E-state index is 3.72. The molecule has 1 nitrogen and oxygen atoms in total. The summed E-state index contributed by atoms with van der Waals surface area (Å²) < 4.78 is 0. The molecule has 0 fully saturated rings. The molecule has 86 valence electrons. The predicted molar refractivity (Wildman–Crippen MR) is 69.5 cm³/mol. The standard InChI is InChI=1S/C13H23NS/c1-6-12(9(2)3)14-11(5)13-10(4)7-8-15-13/h7-9,11-12,14H,6H2,1-5H3. The Kier molecular flexibility index (Phi) is 4.81. The fourth-order valence-electron chi connectivity index (χ4n) is 2.01. The summed E-state index contributed by atoms with van der Waals surface area (Å²) in [7, 11) is 0. The Bertz CT molecular complexity index is 290. The summed E-state index contributed by atoms with van der Waals surface area (Å²) in [6, 6.07) is 3.31. The summed E-state index contributed by atoms with van der Waals surface area (Å²) in [5, 5.41) is 5.90. The third-order valence-electron chi connectivity index (χ3n) is 3.00. The lowest BCUT2D eigenvalue weighted by atomic mass is 10.0. The van der Waals surface area contributed by atoms with Crippen LogP contribution < -0.4 is 5.32 Å². The van der Waals surface area contributed by atoms with Crippen molar-refractivity contribution in [3.05, 3.63) is 21.9 Å². The summed E-state index contributed by atoms with van der Waals surface area (Å²) >= 11 is 1.86. The zero-order chi connectivity index (χ0) is 11.4. The van der Waals surface area contributed by atoms with Crippen LogP contribution in [-0.4, -0.2) is 6.04 Å². The summed E-state index contributed by atoms with van der Waals surface area (Å²) in [6.07, 6.45) is 1.20. The van der Waals surface area contributed by atoms with E-state index in [2.05, 4.69) is 51.4 Å². The Morgan fingerprint density at radius 3 is 2.40 bits per heavy atom. The van der Waals surface area contributed by atoms with Crippen molar-refractivity contribution in [2.75, 3.05) is 0 Å². The zero-order valence-electron chi connectivity index (χ0n) is 10.5. The average molecular weight is 225 g/mol. The minimum Gasteiger partial charge on any atom is -0.306 e. The van der Waals surface area contributed by atoms with Crippen molar-refractivity contribution in [2.45, 2.75) is 53.1 Å². The van der Waals surface area contributed by atoms with Gasteiger partial charge in [0.25, 0.3) is 0 Å². The molecule has 1 rings (SSSR count). The third-order valence-corrected chi connectivity index (χ3v) is 4.21. The van der Waals surface area contributed by atoms with Crippen molar-refractivity contribution >= 4 is 11.3 Å². The van der Waals surface area contributed by atoms with E-state index in [1.165, 1.54) is 16.9 Å². The van der Waals surface area contributed by atoms with Gasteiger partial charge < -0.3 is 5.32 Å². The van der Waals surface area contributed by atoms with Crippen LogP contribution in [0.4, 0.5) is 0 Å². The summed E-state index contributed by atoms with van der Waals surface area (Å²) in [4.78, 5) is 1.48. The first kappa shape index (κ1) is 12.7. The maximum atomic E-state index is 3.72. The van der Waals surface area contributed by atoms with Gasteiger partial charge in [0.1, 0.15) is 0 Å². The molecule has 1 heterocycles. The number of nitrogens with one attached hydrogen (secondary N) is 1. The topological polar surface area (TPSA) is 12.0 Å². The third kappa shape index (κ3) is 3.32. The Morgan fingerprint density at radius 1 is 1.33 bits per heavy atom. The van der Waals surface area contributed by atoms with Crippen LogP contribution in [0.1, 0.15) is 50.6 Å². The molecule has 1 aromatic heterocycles. The van der Waals surface area contributed by atoms with E-state index in [1.807, 2.05) is 11.3 Å². The van der Waals surface area contributed by atoms with Gasteiger partial charge in [0, 0.05) is 17.0 Å². The van der Waals surface area contributed by atoms with E-state index in [-0.39, 0.29) is 0 Å². The Balaban J connectivity index is 2.62. The first-order valence-corrected chi connectivity index (χ1v) is 6.74. The van der Waals surface area contributed by atoms with Crippen molar-refractivity contribution in [1.82, 2.24) is 5.32 Å². The molecule has 0 aliphatic rings. The Labute approximate surface area is 97.9 Å². The molecule has 0 aliphatic heterocycles. The van der Waals surface area contributed by atoms with Crippen LogP contribution in [0.3, 0.4) is 0 Å². The molecule has 0 amide bonds. The highest BCUT2D eigenvalue weighted by molar-refractivity contribution is 7.10. The maximum Gasteiger partial charge on any atom is 0.0390 e. The smallest absolute Gasteiger partial charge is 0.0390 e. The number of rotatable bonds is 5. The number of hydrogen-bond acceptors (Lipinski definition) is 2. The van der Waals surface area contributed by atoms with Crippen LogP contribution in [0.2, 0.25) is 0 Å². The van der Waals surface area contributed by atoms with Crippen molar-refractivity contribution in [3.8, 4) is 0 Å². The predicted octanol–water partition coefficient (Wildman–Crippen LogP) is 4.14. The number of aryl methyl sites for hydroxylation is 1. The van der Waals surface area contributed by atoms with Gasteiger partial charge in [-0.3, -0.25) is 0 Å². The molecule has 1 N–H and O–H groups in total. The van der Waals surface area contributed by atoms with Crippen LogP contribution in [0.5, 0.6) is 0 Å². The van der Waals surface area contributed by atoms with Crippen molar-refractivity contribution < 1.29 is 0 Å². The van der Waals surface area contributed by atoms with Gasteiger partial charge in [-0.2, -0.15) is 0 Å². The van der Waals surface area contributed by atoms with E-state index in [4.69, 9.17) is 0 Å². The van der Waals surface area contributed by atoms with Crippen LogP contribution in [0.25, 0.3) is 0 Å². The van der Waals surface area contributed by atoms with E-state index in [9.17, 15) is 0 Å². The minimum atomic E-state index is 0.484. The molecular weight excluding hydrogens is 202 g/mol. The molecule has 2 atom stereocenters. The SMILES string of the molecule is CCC(NC(C)c1sccc1C)C(C)C. The largest absolute Gasteiger partial charge is 0.306 e. The van der Waals surface area contributed by atoms with Gasteiger partial charge in [-0.15, -0.1) is 11.3 Å². The van der Waals surface area contributed by atoms with Crippen molar-refractivity contribution in [1.29, 1.82) is 0 Å². The highest BCUT2D eigenvalue weighted by atomic mass is 32.1. The molecule has 0 radical (unpaired) electrons. The average Bonchev–Trinajstić information content (AvgIpc) is 2.60. The van der Waals surface area contributed by atoms with Gasteiger partial charge in [-0.25, -0.2) is 0 Å². The van der Waals surface area contributed by atoms with Crippen molar-refractivity contribution in [3.63, 3.8) is 0 Å². The molecular formula is C13H23NS. The second-order valence-corrected chi connectivity index (χ2v) is 5.56. The number of thiophene rings is 1. The lowest BCUT2D eigenvalue weighted by molar-refractivity contribution is 0.357. The zero-order valence-corrected chi connectivity index (χ0v) is 11.3. The summed E-state index contributed by atoms with van der Waals surface area (Å²) in [5.41, 5.74) is 1.42. The van der Waals surface area contributed by atoms with E-state index in [0.717, 1.165) is 0 Å².